The molecule has 0 saturated carbocycles. The van der Waals surface area contributed by atoms with Crippen molar-refractivity contribution < 1.29 is 0 Å². The lowest BCUT2D eigenvalue weighted by atomic mass is 9.92. The van der Waals surface area contributed by atoms with Crippen LogP contribution in [0.15, 0.2) is 91.0 Å². The van der Waals surface area contributed by atoms with Gasteiger partial charge in [0.25, 0.3) is 0 Å². The molecule has 0 heterocycles. The Morgan fingerprint density at radius 1 is 0.414 bits per heavy atom. The first-order chi connectivity index (χ1) is 13.3. The molecule has 0 amide bonds. The van der Waals surface area contributed by atoms with Crippen LogP contribution in [0.5, 0.6) is 0 Å². The molecule has 0 radical (unpaired) electrons. The van der Waals surface area contributed by atoms with Crippen molar-refractivity contribution in [2.24, 2.45) is 0 Å². The number of fused-ring (bicyclic) bond motifs is 6. The van der Waals surface area contributed by atoms with Crippen LogP contribution in [-0.2, 0) is 0 Å². The topological polar surface area (TPSA) is 0 Å². The van der Waals surface area contributed by atoms with Gasteiger partial charge in [-0.2, -0.15) is 0 Å². The zero-order chi connectivity index (χ0) is 18.8. The van der Waals surface area contributed by atoms with Gasteiger partial charge in [0.15, 0.2) is 0 Å². The first-order valence-electron chi connectivity index (χ1n) is 9.71. The van der Waals surface area contributed by atoms with E-state index in [0.717, 1.165) is 0 Å². The molecule has 29 heavy (non-hydrogen) atoms. The third kappa shape index (κ3) is 3.89. The standard InChI is InChI=1S/C25H18.C2H6.2CH4/c1-17-10-12-18(13-11-17)19-14-15-24-22-8-3-2-6-20(22)21-7-4-5-9-23(21)25(24)16-19;1-2;;/h2-16H,1H3;1-2H3;2*1H4. The summed E-state index contributed by atoms with van der Waals surface area (Å²) in [6.45, 7) is 6.13. The fourth-order valence-corrected chi connectivity index (χ4v) is 3.83. The lowest BCUT2D eigenvalue weighted by Gasteiger charge is -2.12. The van der Waals surface area contributed by atoms with Gasteiger partial charge in [-0.05, 0) is 56.4 Å². The van der Waals surface area contributed by atoms with E-state index in [9.17, 15) is 0 Å². The van der Waals surface area contributed by atoms with Gasteiger partial charge in [-0.1, -0.05) is 119 Å². The van der Waals surface area contributed by atoms with Gasteiger partial charge >= 0.3 is 0 Å². The zero-order valence-electron chi connectivity index (χ0n) is 16.2. The van der Waals surface area contributed by atoms with Crippen LogP contribution in [0.2, 0.25) is 0 Å². The predicted octanol–water partition coefficient (Wildman–Crippen LogP) is 9.42. The van der Waals surface area contributed by atoms with Crippen molar-refractivity contribution in [2.45, 2.75) is 35.6 Å². The van der Waals surface area contributed by atoms with Crippen LogP contribution >= 0.6 is 0 Å². The molecule has 0 spiro atoms. The van der Waals surface area contributed by atoms with Crippen molar-refractivity contribution in [1.29, 1.82) is 0 Å². The summed E-state index contributed by atoms with van der Waals surface area (Å²) in [5, 5.41) is 7.95. The van der Waals surface area contributed by atoms with Crippen LogP contribution in [0.25, 0.3) is 43.4 Å². The average molecular weight is 381 g/mol. The van der Waals surface area contributed by atoms with Crippen molar-refractivity contribution >= 4 is 32.3 Å². The largest absolute Gasteiger partial charge is 0.0776 e. The maximum atomic E-state index is 2.34. The second kappa shape index (κ2) is 9.39. The van der Waals surface area contributed by atoms with Gasteiger partial charge in [-0.25, -0.2) is 0 Å². The Bertz CT molecular complexity index is 1190. The molecule has 148 valence electrons. The van der Waals surface area contributed by atoms with E-state index in [2.05, 4.69) is 97.9 Å². The molecule has 5 aromatic carbocycles. The number of benzene rings is 5. The molecule has 5 rings (SSSR count). The Kier molecular flexibility index (Phi) is 7.18. The third-order valence-electron chi connectivity index (χ3n) is 5.13. The minimum Gasteiger partial charge on any atom is -0.0776 e. The summed E-state index contributed by atoms with van der Waals surface area (Å²) in [6, 6.07) is 33.1. The molecule has 0 N–H and O–H groups in total. The summed E-state index contributed by atoms with van der Waals surface area (Å²) < 4.78 is 0. The maximum absolute atomic E-state index is 2.34. The van der Waals surface area contributed by atoms with E-state index in [1.165, 1.54) is 49.0 Å². The number of aryl methyl sites for hydroxylation is 1. The van der Waals surface area contributed by atoms with Crippen LogP contribution in [0.3, 0.4) is 0 Å². The normalized spacial score (nSPS) is 10.0. The van der Waals surface area contributed by atoms with E-state index in [0.29, 0.717) is 0 Å². The Morgan fingerprint density at radius 3 is 1.28 bits per heavy atom. The van der Waals surface area contributed by atoms with Crippen LogP contribution < -0.4 is 0 Å². The Balaban J connectivity index is 0.000000729. The van der Waals surface area contributed by atoms with Crippen molar-refractivity contribution in [3.63, 3.8) is 0 Å². The van der Waals surface area contributed by atoms with Crippen molar-refractivity contribution in [3.8, 4) is 11.1 Å². The molecule has 0 nitrogen and oxygen atoms in total. The molecule has 0 aliphatic rings. The SMILES string of the molecule is C.C.CC.Cc1ccc(-c2ccc3c4ccccc4c4ccccc4c3c2)cc1. The van der Waals surface area contributed by atoms with Crippen molar-refractivity contribution in [2.75, 3.05) is 0 Å². The highest BCUT2D eigenvalue weighted by atomic mass is 14.1. The van der Waals surface area contributed by atoms with Gasteiger partial charge in [-0.15, -0.1) is 0 Å². The van der Waals surface area contributed by atoms with Crippen LogP contribution in [0.4, 0.5) is 0 Å². The van der Waals surface area contributed by atoms with Gasteiger partial charge in [0, 0.05) is 0 Å². The van der Waals surface area contributed by atoms with Gasteiger partial charge in [0.05, 0.1) is 0 Å². The minimum absolute atomic E-state index is 0. The van der Waals surface area contributed by atoms with Crippen molar-refractivity contribution in [3.05, 3.63) is 96.6 Å². The molecule has 0 aromatic heterocycles. The highest BCUT2D eigenvalue weighted by Crippen LogP contribution is 2.36. The van der Waals surface area contributed by atoms with E-state index < -0.39 is 0 Å². The van der Waals surface area contributed by atoms with E-state index in [1.54, 1.807) is 0 Å². The molecule has 0 bridgehead atoms. The fourth-order valence-electron chi connectivity index (χ4n) is 3.83. The smallest absolute Gasteiger partial charge is 0.00928 e. The van der Waals surface area contributed by atoms with Crippen LogP contribution in [-0.4, -0.2) is 0 Å². The summed E-state index contributed by atoms with van der Waals surface area (Å²) in [5.74, 6) is 0. The molecule has 0 unspecified atom stereocenters. The first kappa shape index (κ1) is 22.2. The first-order valence-corrected chi connectivity index (χ1v) is 9.71. The average Bonchev–Trinajstić information content (AvgIpc) is 2.75. The van der Waals surface area contributed by atoms with E-state index in [1.807, 2.05) is 13.8 Å². The van der Waals surface area contributed by atoms with Crippen molar-refractivity contribution in [1.82, 2.24) is 0 Å². The lowest BCUT2D eigenvalue weighted by Crippen LogP contribution is -1.85. The van der Waals surface area contributed by atoms with Gasteiger partial charge in [0.1, 0.15) is 0 Å². The number of rotatable bonds is 1. The van der Waals surface area contributed by atoms with Crippen LogP contribution in [0, 0.1) is 6.92 Å². The molecule has 0 aliphatic heterocycles. The van der Waals surface area contributed by atoms with E-state index in [4.69, 9.17) is 0 Å². The number of hydrogen-bond acceptors (Lipinski definition) is 0. The second-order valence-corrected chi connectivity index (χ2v) is 6.72. The minimum atomic E-state index is 0. The summed E-state index contributed by atoms with van der Waals surface area (Å²) in [6.07, 6.45) is 0. The maximum Gasteiger partial charge on any atom is -0.00928 e. The summed E-state index contributed by atoms with van der Waals surface area (Å²) in [5.41, 5.74) is 3.83. The lowest BCUT2D eigenvalue weighted by molar-refractivity contribution is 1.47. The molecule has 0 heteroatoms. The quantitative estimate of drug-likeness (QED) is 0.254. The Labute approximate surface area is 175 Å². The fraction of sp³-hybridized carbons (Fsp3) is 0.172. The van der Waals surface area contributed by atoms with Gasteiger partial charge in [-0.3, -0.25) is 0 Å². The molecule has 5 aromatic rings. The Morgan fingerprint density at radius 2 is 0.793 bits per heavy atom. The molecule has 0 saturated heterocycles. The molecular formula is C29H32. The Hall–Kier alpha value is -3.12. The predicted molar refractivity (Wildman–Crippen MR) is 134 cm³/mol. The third-order valence-corrected chi connectivity index (χ3v) is 5.13. The summed E-state index contributed by atoms with van der Waals surface area (Å²) in [4.78, 5) is 0. The highest BCUT2D eigenvalue weighted by Gasteiger charge is 2.09. The molecular weight excluding hydrogens is 348 g/mol. The molecule has 0 aliphatic carbocycles. The van der Waals surface area contributed by atoms with E-state index >= 15 is 0 Å². The highest BCUT2D eigenvalue weighted by molar-refractivity contribution is 6.25. The van der Waals surface area contributed by atoms with E-state index in [-0.39, 0.29) is 14.9 Å². The van der Waals surface area contributed by atoms with Gasteiger partial charge < -0.3 is 0 Å². The van der Waals surface area contributed by atoms with Gasteiger partial charge in [0.2, 0.25) is 0 Å². The zero-order valence-corrected chi connectivity index (χ0v) is 16.2. The van der Waals surface area contributed by atoms with Crippen LogP contribution in [0.1, 0.15) is 34.3 Å². The molecule has 0 atom stereocenters. The monoisotopic (exact) mass is 380 g/mol. The summed E-state index contributed by atoms with van der Waals surface area (Å²) in [7, 11) is 0. The molecule has 0 fully saturated rings. The number of hydrogen-bond donors (Lipinski definition) is 0. The summed E-state index contributed by atoms with van der Waals surface area (Å²) >= 11 is 0. The second-order valence-electron chi connectivity index (χ2n) is 6.72.